The quantitative estimate of drug-likeness (QED) is 0.380. The number of pyridine rings is 1. The van der Waals surface area contributed by atoms with Crippen molar-refractivity contribution in [2.24, 2.45) is 17.4 Å². The van der Waals surface area contributed by atoms with E-state index in [4.69, 9.17) is 11.5 Å². The first-order chi connectivity index (χ1) is 18.7. The lowest BCUT2D eigenvalue weighted by atomic mass is 9.80. The van der Waals surface area contributed by atoms with E-state index in [0.717, 1.165) is 41.0 Å². The van der Waals surface area contributed by atoms with Crippen LogP contribution < -0.4 is 16.8 Å². The normalized spacial score (nSPS) is 19.6. The predicted octanol–water partition coefficient (Wildman–Crippen LogP) is 1.13. The fraction of sp³-hybridized carbons (Fsp3) is 0.333. The number of aromatic nitrogens is 2. The molecule has 2 aromatic heterocycles. The van der Waals surface area contributed by atoms with Crippen LogP contribution >= 0.6 is 11.3 Å². The smallest absolute Gasteiger partial charge is 0.277 e. The van der Waals surface area contributed by atoms with E-state index in [1.807, 2.05) is 35.3 Å². The molecule has 11 nitrogen and oxygen atoms in total. The van der Waals surface area contributed by atoms with E-state index in [9.17, 15) is 19.2 Å². The van der Waals surface area contributed by atoms with Gasteiger partial charge in [0.05, 0.1) is 5.69 Å². The van der Waals surface area contributed by atoms with Crippen molar-refractivity contribution in [2.75, 3.05) is 13.1 Å². The number of carbonyl (C=O) groups is 4. The molecule has 0 bridgehead atoms. The molecule has 0 spiro atoms. The van der Waals surface area contributed by atoms with Crippen molar-refractivity contribution in [3.05, 3.63) is 81.1 Å². The third kappa shape index (κ3) is 5.00. The molecule has 5 rings (SSSR count). The van der Waals surface area contributed by atoms with E-state index in [0.29, 0.717) is 13.1 Å². The van der Waals surface area contributed by atoms with Gasteiger partial charge in [0.25, 0.3) is 17.7 Å². The number of primary amides is 2. The van der Waals surface area contributed by atoms with Gasteiger partial charge in [0.1, 0.15) is 4.88 Å². The van der Waals surface area contributed by atoms with Crippen molar-refractivity contribution < 1.29 is 19.2 Å². The summed E-state index contributed by atoms with van der Waals surface area (Å²) in [7, 11) is 0. The van der Waals surface area contributed by atoms with Gasteiger partial charge in [-0.2, -0.15) is 0 Å². The monoisotopic (exact) mass is 547 g/mol. The van der Waals surface area contributed by atoms with Crippen LogP contribution in [0.1, 0.15) is 55.2 Å². The van der Waals surface area contributed by atoms with Crippen LogP contribution in [0.15, 0.2) is 48.8 Å². The lowest BCUT2D eigenvalue weighted by molar-refractivity contribution is -0.153. The van der Waals surface area contributed by atoms with Gasteiger partial charge in [0, 0.05) is 50.8 Å². The summed E-state index contributed by atoms with van der Waals surface area (Å²) < 4.78 is 0. The molecule has 2 aliphatic heterocycles. The number of hydrogen-bond acceptors (Lipinski definition) is 8. The Bertz CT molecular complexity index is 1440. The van der Waals surface area contributed by atoms with Crippen molar-refractivity contribution in [3.63, 3.8) is 0 Å². The summed E-state index contributed by atoms with van der Waals surface area (Å²) in [6.45, 7) is 3.54. The molecule has 3 aromatic rings. The average Bonchev–Trinajstić information content (AvgIpc) is 3.54. The van der Waals surface area contributed by atoms with E-state index in [2.05, 4.69) is 15.3 Å². The van der Waals surface area contributed by atoms with E-state index >= 15 is 0 Å². The summed E-state index contributed by atoms with van der Waals surface area (Å²) in [4.78, 5) is 60.3. The summed E-state index contributed by atoms with van der Waals surface area (Å²) in [6.07, 6.45) is 4.42. The van der Waals surface area contributed by atoms with Gasteiger partial charge in [0.15, 0.2) is 10.5 Å². The maximum absolute atomic E-state index is 14.4. The number of fused-ring (bicyclic) bond motifs is 2. The minimum Gasteiger partial charge on any atom is -0.365 e. The third-order valence-electron chi connectivity index (χ3n) is 7.16. The summed E-state index contributed by atoms with van der Waals surface area (Å²) >= 11 is 0.805. The number of hydrogen-bond donors (Lipinski definition) is 3. The van der Waals surface area contributed by atoms with Gasteiger partial charge in [-0.15, -0.1) is 11.3 Å². The molecule has 0 saturated carbocycles. The fourth-order valence-electron chi connectivity index (χ4n) is 5.32. The Hall–Kier alpha value is -4.16. The highest BCUT2D eigenvalue weighted by Crippen LogP contribution is 2.37. The van der Waals surface area contributed by atoms with Crippen LogP contribution in [0, 0.1) is 5.92 Å². The number of carbonyl (C=O) groups excluding carboxylic acids is 4. The van der Waals surface area contributed by atoms with Gasteiger partial charge in [-0.25, -0.2) is 9.99 Å². The molecule has 4 amide bonds. The van der Waals surface area contributed by atoms with Crippen molar-refractivity contribution >= 4 is 35.0 Å². The van der Waals surface area contributed by atoms with Crippen LogP contribution in [-0.4, -0.2) is 56.7 Å². The van der Waals surface area contributed by atoms with Gasteiger partial charge in [-0.1, -0.05) is 37.3 Å². The Kier molecular flexibility index (Phi) is 7.15. The Labute approximate surface area is 229 Å². The molecule has 39 heavy (non-hydrogen) atoms. The van der Waals surface area contributed by atoms with Crippen molar-refractivity contribution in [1.82, 2.24) is 25.3 Å². The number of nitrogens with zero attached hydrogens (tertiary/aromatic N) is 4. The van der Waals surface area contributed by atoms with Gasteiger partial charge < -0.3 is 16.8 Å². The molecule has 12 heteroatoms. The molecular weight excluding hydrogens is 518 g/mol. The second-order valence-corrected chi connectivity index (χ2v) is 10.9. The number of nitrogens with one attached hydrogen (secondary N) is 1. The molecule has 1 aromatic carbocycles. The van der Waals surface area contributed by atoms with Crippen LogP contribution in [0.3, 0.4) is 0 Å². The van der Waals surface area contributed by atoms with Crippen LogP contribution in [0.5, 0.6) is 0 Å². The average molecular weight is 548 g/mol. The minimum atomic E-state index is -1.39. The maximum atomic E-state index is 14.4. The summed E-state index contributed by atoms with van der Waals surface area (Å²) in [5.74, 6) is -2.86. The van der Waals surface area contributed by atoms with Crippen molar-refractivity contribution in [1.29, 1.82) is 0 Å². The summed E-state index contributed by atoms with van der Waals surface area (Å²) in [6, 6.07) is 11.4. The Morgan fingerprint density at radius 1 is 1.13 bits per heavy atom. The molecule has 2 aliphatic rings. The molecule has 2 atom stereocenters. The number of amides is 4. The first-order valence-corrected chi connectivity index (χ1v) is 13.5. The van der Waals surface area contributed by atoms with E-state index in [1.54, 1.807) is 30.4 Å². The zero-order valence-corrected chi connectivity index (χ0v) is 22.2. The lowest BCUT2D eigenvalue weighted by Gasteiger charge is -2.38. The molecule has 1 saturated heterocycles. The topological polar surface area (TPSA) is 165 Å². The van der Waals surface area contributed by atoms with Gasteiger partial charge in [0.2, 0.25) is 5.91 Å². The number of rotatable bonds is 8. The second kappa shape index (κ2) is 10.5. The zero-order chi connectivity index (χ0) is 27.7. The van der Waals surface area contributed by atoms with E-state index < -0.39 is 29.2 Å². The number of benzene rings is 1. The number of thiazole rings is 1. The molecule has 4 heterocycles. The van der Waals surface area contributed by atoms with Crippen LogP contribution in [0.25, 0.3) is 0 Å². The number of hydrazine groups is 1. The Morgan fingerprint density at radius 2 is 1.92 bits per heavy atom. The first-order valence-electron chi connectivity index (χ1n) is 12.6. The molecule has 1 fully saturated rings. The van der Waals surface area contributed by atoms with E-state index in [1.165, 1.54) is 0 Å². The maximum Gasteiger partial charge on any atom is 0.277 e. The highest BCUT2D eigenvalue weighted by Gasteiger charge is 2.50. The second-order valence-electron chi connectivity index (χ2n) is 9.89. The minimum absolute atomic E-state index is 0.0303. The fourth-order valence-corrected chi connectivity index (χ4v) is 6.11. The van der Waals surface area contributed by atoms with E-state index in [-0.39, 0.29) is 34.3 Å². The number of nitrogens with two attached hydrogens (primary N) is 2. The summed E-state index contributed by atoms with van der Waals surface area (Å²) in [5, 5.41) is 6.84. The Balaban J connectivity index is 1.54. The van der Waals surface area contributed by atoms with Crippen molar-refractivity contribution in [2.45, 2.75) is 38.3 Å². The van der Waals surface area contributed by atoms with Gasteiger partial charge in [-0.05, 0) is 29.2 Å². The zero-order valence-electron chi connectivity index (χ0n) is 21.4. The molecule has 202 valence electrons. The summed E-state index contributed by atoms with van der Waals surface area (Å²) in [5.41, 5.74) is 12.2. The molecule has 0 unspecified atom stereocenters. The molecule has 5 N–H and O–H groups in total. The third-order valence-corrected chi connectivity index (χ3v) is 8.29. The molecule has 0 radical (unpaired) electrons. The van der Waals surface area contributed by atoms with Gasteiger partial charge in [-0.3, -0.25) is 29.2 Å². The molecular formula is C27H29N7O4S. The van der Waals surface area contributed by atoms with Crippen LogP contribution in [0.2, 0.25) is 0 Å². The van der Waals surface area contributed by atoms with Crippen LogP contribution in [0.4, 0.5) is 0 Å². The van der Waals surface area contributed by atoms with Gasteiger partial charge >= 0.3 is 0 Å². The standard InChI is InChI=1S/C27H29N7O4S/c1-16(12-20-21(22(28)35)39-25(31-20)23(29)36)24(37)32-27(13-17-6-4-9-30-14-17)19-8-3-2-7-18(19)15-33-10-5-11-34(33)26(27)38/h2-4,6-9,14,16H,5,10-13,15H2,1H3,(H2,28,35)(H2,29,36)(H,32,37)/t16-,27-/m1/s1. The SMILES string of the molecule is C[C@H](Cc1nc(C(N)=O)sc1C(N)=O)C(=O)N[C@@]1(Cc2cccnc2)C(=O)N2CCCN2Cc2ccccc21. The molecule has 0 aliphatic carbocycles. The highest BCUT2D eigenvalue weighted by atomic mass is 32.1. The first kappa shape index (κ1) is 26.4. The predicted molar refractivity (Wildman–Crippen MR) is 143 cm³/mol. The highest BCUT2D eigenvalue weighted by molar-refractivity contribution is 7.15. The largest absolute Gasteiger partial charge is 0.365 e. The lowest BCUT2D eigenvalue weighted by Crippen LogP contribution is -2.60. The van der Waals surface area contributed by atoms with Crippen molar-refractivity contribution in [3.8, 4) is 0 Å². The van der Waals surface area contributed by atoms with Crippen LogP contribution in [-0.2, 0) is 34.5 Å². The Morgan fingerprint density at radius 3 is 2.64 bits per heavy atom.